The van der Waals surface area contributed by atoms with E-state index in [0.717, 1.165) is 7.11 Å². The molecule has 0 aliphatic rings. The van der Waals surface area contributed by atoms with E-state index in [-0.39, 0.29) is 16.6 Å². The van der Waals surface area contributed by atoms with Gasteiger partial charge in [0.25, 0.3) is 0 Å². The number of carbonyl (C=O) groups is 1. The van der Waals surface area contributed by atoms with Crippen LogP contribution in [0.15, 0.2) is 12.1 Å². The van der Waals surface area contributed by atoms with Crippen molar-refractivity contribution in [2.75, 3.05) is 12.4 Å². The smallest absolute Gasteiger partial charge is 0.419 e. The number of ether oxygens (including phenoxy) is 1. The molecular weight excluding hydrogens is 308 g/mol. The average molecular weight is 315 g/mol. The van der Waals surface area contributed by atoms with Crippen LogP contribution in [0.4, 0.5) is 17.6 Å². The van der Waals surface area contributed by atoms with Crippen molar-refractivity contribution in [2.24, 2.45) is 0 Å². The normalized spacial score (nSPS) is 11.4. The number of methoxy groups -OCH3 is 1. The fourth-order valence-electron chi connectivity index (χ4n) is 1.23. The van der Waals surface area contributed by atoms with Gasteiger partial charge in [0.2, 0.25) is 0 Å². The number of halogens is 5. The Morgan fingerprint density at radius 2 is 2.00 bits per heavy atom. The number of Topliss-reactive ketones (excluding diaryl/α,β-unsaturated/α-hetero) is 1. The van der Waals surface area contributed by atoms with Crippen molar-refractivity contribution in [3.63, 3.8) is 0 Å². The number of rotatable bonds is 3. The third-order valence-electron chi connectivity index (χ3n) is 2.02. The number of alkyl halides is 4. The molecule has 0 heterocycles. The molecule has 0 saturated heterocycles. The van der Waals surface area contributed by atoms with Crippen molar-refractivity contribution < 1.29 is 27.1 Å². The van der Waals surface area contributed by atoms with Crippen molar-refractivity contribution in [3.8, 4) is 5.75 Å². The number of hydrogen-bond donors (Lipinski definition) is 0. The van der Waals surface area contributed by atoms with Gasteiger partial charge in [-0.15, -0.1) is 0 Å². The van der Waals surface area contributed by atoms with Gasteiger partial charge in [0, 0.05) is 6.07 Å². The average Bonchev–Trinajstić information content (AvgIpc) is 2.25. The Hall–Kier alpha value is -1.11. The Bertz CT molecular complexity index is 443. The summed E-state index contributed by atoms with van der Waals surface area (Å²) in [5.74, 6) is -2.31. The van der Waals surface area contributed by atoms with E-state index in [1.165, 1.54) is 0 Å². The Labute approximate surface area is 103 Å². The summed E-state index contributed by atoms with van der Waals surface area (Å²) >= 11 is 2.83. The van der Waals surface area contributed by atoms with Crippen LogP contribution < -0.4 is 4.74 Å². The quantitative estimate of drug-likeness (QED) is 0.485. The zero-order valence-corrected chi connectivity index (χ0v) is 10.2. The van der Waals surface area contributed by atoms with E-state index in [1.807, 2.05) is 0 Å². The third kappa shape index (κ3) is 2.96. The summed E-state index contributed by atoms with van der Waals surface area (Å²) in [5, 5.41) is -0.174. The molecule has 0 spiro atoms. The van der Waals surface area contributed by atoms with Crippen LogP contribution in [0.5, 0.6) is 5.75 Å². The molecule has 0 radical (unpaired) electrons. The van der Waals surface area contributed by atoms with E-state index >= 15 is 0 Å². The molecule has 1 aromatic rings. The van der Waals surface area contributed by atoms with E-state index < -0.39 is 23.3 Å². The summed E-state index contributed by atoms with van der Waals surface area (Å²) in [7, 11) is 1.15. The molecule has 0 aliphatic heterocycles. The predicted octanol–water partition coefficient (Wildman–Crippen LogP) is 3.43. The SMILES string of the molecule is COc1cc(F)c(C(F)(F)F)cc1C(=O)CBr. The fourth-order valence-corrected chi connectivity index (χ4v) is 1.53. The Kier molecular flexibility index (Phi) is 4.13. The van der Waals surface area contributed by atoms with Crippen LogP contribution in [0.1, 0.15) is 15.9 Å². The highest BCUT2D eigenvalue weighted by Crippen LogP contribution is 2.35. The number of hydrogen-bond acceptors (Lipinski definition) is 2. The van der Waals surface area contributed by atoms with Gasteiger partial charge in [0.1, 0.15) is 11.6 Å². The monoisotopic (exact) mass is 314 g/mol. The topological polar surface area (TPSA) is 26.3 Å². The fraction of sp³-hybridized carbons (Fsp3) is 0.300. The lowest BCUT2D eigenvalue weighted by molar-refractivity contribution is -0.140. The molecule has 0 bridgehead atoms. The first-order valence-electron chi connectivity index (χ1n) is 4.35. The number of benzene rings is 1. The highest BCUT2D eigenvalue weighted by atomic mass is 79.9. The van der Waals surface area contributed by atoms with Crippen LogP contribution in [-0.4, -0.2) is 18.2 Å². The molecular formula is C10H7BrF4O2. The molecule has 0 aromatic heterocycles. The van der Waals surface area contributed by atoms with Gasteiger partial charge in [0.05, 0.1) is 23.6 Å². The standard InChI is InChI=1S/C10H7BrF4O2/c1-17-9-3-7(12)6(10(13,14)15)2-5(9)8(16)4-11/h2-3H,4H2,1H3. The maximum atomic E-state index is 13.2. The van der Waals surface area contributed by atoms with E-state index in [4.69, 9.17) is 0 Å². The van der Waals surface area contributed by atoms with Gasteiger partial charge in [-0.1, -0.05) is 15.9 Å². The molecule has 0 saturated carbocycles. The lowest BCUT2D eigenvalue weighted by Crippen LogP contribution is -2.12. The van der Waals surface area contributed by atoms with Crippen LogP contribution in [0.25, 0.3) is 0 Å². The Morgan fingerprint density at radius 1 is 1.41 bits per heavy atom. The second-order valence-corrected chi connectivity index (χ2v) is 3.65. The maximum absolute atomic E-state index is 13.2. The summed E-state index contributed by atoms with van der Waals surface area (Å²) in [6, 6.07) is 1.01. The molecule has 0 N–H and O–H groups in total. The zero-order valence-electron chi connectivity index (χ0n) is 8.57. The lowest BCUT2D eigenvalue weighted by Gasteiger charge is -2.12. The summed E-state index contributed by atoms with van der Waals surface area (Å²) < 4.78 is 55.1. The molecule has 94 valence electrons. The first kappa shape index (κ1) is 14.0. The maximum Gasteiger partial charge on any atom is 0.419 e. The Balaban J connectivity index is 3.43. The first-order chi connectivity index (χ1) is 7.81. The van der Waals surface area contributed by atoms with E-state index in [9.17, 15) is 22.4 Å². The molecule has 0 amide bonds. The molecule has 0 atom stereocenters. The summed E-state index contributed by atoms with van der Waals surface area (Å²) in [6.07, 6.45) is -4.85. The van der Waals surface area contributed by atoms with Gasteiger partial charge >= 0.3 is 6.18 Å². The minimum atomic E-state index is -4.85. The van der Waals surface area contributed by atoms with Gasteiger partial charge in [-0.2, -0.15) is 13.2 Å². The van der Waals surface area contributed by atoms with E-state index in [2.05, 4.69) is 20.7 Å². The molecule has 1 aromatic carbocycles. The zero-order chi connectivity index (χ0) is 13.2. The van der Waals surface area contributed by atoms with Crippen molar-refractivity contribution in [1.29, 1.82) is 0 Å². The first-order valence-corrected chi connectivity index (χ1v) is 5.47. The van der Waals surface area contributed by atoms with Crippen molar-refractivity contribution >= 4 is 21.7 Å². The summed E-state index contributed by atoms with van der Waals surface area (Å²) in [5.41, 5.74) is -1.79. The van der Waals surface area contributed by atoms with Crippen molar-refractivity contribution in [3.05, 3.63) is 29.1 Å². The minimum Gasteiger partial charge on any atom is -0.496 e. The summed E-state index contributed by atoms with van der Waals surface area (Å²) in [4.78, 5) is 11.4. The lowest BCUT2D eigenvalue weighted by atomic mass is 10.1. The largest absolute Gasteiger partial charge is 0.496 e. The van der Waals surface area contributed by atoms with Crippen LogP contribution >= 0.6 is 15.9 Å². The van der Waals surface area contributed by atoms with Gasteiger partial charge in [-0.3, -0.25) is 4.79 Å². The number of carbonyl (C=O) groups excluding carboxylic acids is 1. The molecule has 2 nitrogen and oxygen atoms in total. The van der Waals surface area contributed by atoms with E-state index in [0.29, 0.717) is 12.1 Å². The minimum absolute atomic E-state index is 0.174. The molecule has 7 heteroatoms. The van der Waals surface area contributed by atoms with Crippen LogP contribution in [0.2, 0.25) is 0 Å². The predicted molar refractivity (Wildman–Crippen MR) is 56.1 cm³/mol. The molecule has 1 rings (SSSR count). The molecule has 0 fully saturated rings. The molecule has 17 heavy (non-hydrogen) atoms. The molecule has 0 unspecified atom stereocenters. The van der Waals surface area contributed by atoms with Gasteiger partial charge in [-0.05, 0) is 6.07 Å². The van der Waals surface area contributed by atoms with Gasteiger partial charge < -0.3 is 4.74 Å². The number of ketones is 1. The van der Waals surface area contributed by atoms with Crippen LogP contribution in [0, 0.1) is 5.82 Å². The summed E-state index contributed by atoms with van der Waals surface area (Å²) in [6.45, 7) is 0. The van der Waals surface area contributed by atoms with Crippen molar-refractivity contribution in [2.45, 2.75) is 6.18 Å². The second kappa shape index (κ2) is 5.03. The van der Waals surface area contributed by atoms with Crippen LogP contribution in [-0.2, 0) is 6.18 Å². The Morgan fingerprint density at radius 3 is 2.41 bits per heavy atom. The highest BCUT2D eigenvalue weighted by molar-refractivity contribution is 9.09. The molecule has 0 aliphatic carbocycles. The van der Waals surface area contributed by atoms with Crippen molar-refractivity contribution in [1.82, 2.24) is 0 Å². The van der Waals surface area contributed by atoms with Gasteiger partial charge in [0.15, 0.2) is 5.78 Å². The van der Waals surface area contributed by atoms with Gasteiger partial charge in [-0.25, -0.2) is 4.39 Å². The van der Waals surface area contributed by atoms with E-state index in [1.54, 1.807) is 0 Å². The highest BCUT2D eigenvalue weighted by Gasteiger charge is 2.35. The van der Waals surface area contributed by atoms with Crippen LogP contribution in [0.3, 0.4) is 0 Å². The second-order valence-electron chi connectivity index (χ2n) is 3.09. The third-order valence-corrected chi connectivity index (χ3v) is 2.53.